The molecule has 1 aromatic carbocycles. The standard InChI is InChI=1S/C12H11N3O4/c1-12(2)11(16)14(6-5-13)9-4-3-8(15(17)18)7-10(9)19-12/h3-4,7H,6H2,1-2H3. The van der Waals surface area contributed by atoms with Crippen molar-refractivity contribution in [2.24, 2.45) is 0 Å². The van der Waals surface area contributed by atoms with Crippen LogP contribution in [-0.4, -0.2) is 23.0 Å². The topological polar surface area (TPSA) is 96.5 Å². The van der Waals surface area contributed by atoms with E-state index in [2.05, 4.69) is 0 Å². The largest absolute Gasteiger partial charge is 0.476 e. The molecule has 19 heavy (non-hydrogen) atoms. The first-order chi connectivity index (χ1) is 8.86. The van der Waals surface area contributed by atoms with Gasteiger partial charge in [0.2, 0.25) is 0 Å². The van der Waals surface area contributed by atoms with Crippen LogP contribution in [0, 0.1) is 21.4 Å². The lowest BCUT2D eigenvalue weighted by Gasteiger charge is -2.37. The molecule has 0 fully saturated rings. The number of carbonyl (C=O) groups is 1. The van der Waals surface area contributed by atoms with Crippen LogP contribution in [0.3, 0.4) is 0 Å². The molecule has 0 radical (unpaired) electrons. The molecule has 1 aliphatic heterocycles. The van der Waals surface area contributed by atoms with Crippen LogP contribution in [0.25, 0.3) is 0 Å². The number of fused-ring (bicyclic) bond motifs is 1. The summed E-state index contributed by atoms with van der Waals surface area (Å²) in [6.07, 6.45) is 0. The molecule has 0 atom stereocenters. The van der Waals surface area contributed by atoms with Gasteiger partial charge in [-0.05, 0) is 19.9 Å². The van der Waals surface area contributed by atoms with Gasteiger partial charge in [0.25, 0.3) is 11.6 Å². The zero-order valence-electron chi connectivity index (χ0n) is 10.4. The van der Waals surface area contributed by atoms with E-state index in [4.69, 9.17) is 10.00 Å². The van der Waals surface area contributed by atoms with Crippen molar-refractivity contribution in [1.82, 2.24) is 0 Å². The fourth-order valence-electron chi connectivity index (χ4n) is 1.90. The summed E-state index contributed by atoms with van der Waals surface area (Å²) in [4.78, 5) is 23.6. The molecule has 1 amide bonds. The summed E-state index contributed by atoms with van der Waals surface area (Å²) in [5.74, 6) is -0.121. The molecule has 0 saturated carbocycles. The molecule has 0 aromatic heterocycles. The lowest BCUT2D eigenvalue weighted by atomic mass is 10.0. The fraction of sp³-hybridized carbons (Fsp3) is 0.333. The first kappa shape index (κ1) is 12.8. The van der Waals surface area contributed by atoms with Crippen molar-refractivity contribution in [2.45, 2.75) is 19.4 Å². The minimum Gasteiger partial charge on any atom is -0.476 e. The number of amides is 1. The Morgan fingerprint density at radius 1 is 1.53 bits per heavy atom. The van der Waals surface area contributed by atoms with Crippen LogP contribution in [0.2, 0.25) is 0 Å². The average molecular weight is 261 g/mol. The van der Waals surface area contributed by atoms with E-state index in [1.807, 2.05) is 6.07 Å². The third-order valence-electron chi connectivity index (χ3n) is 2.80. The number of benzene rings is 1. The molecule has 0 unspecified atom stereocenters. The van der Waals surface area contributed by atoms with Crippen LogP contribution < -0.4 is 9.64 Å². The van der Waals surface area contributed by atoms with E-state index in [0.717, 1.165) is 0 Å². The van der Waals surface area contributed by atoms with Crippen molar-refractivity contribution in [1.29, 1.82) is 5.26 Å². The van der Waals surface area contributed by atoms with Gasteiger partial charge >= 0.3 is 0 Å². The summed E-state index contributed by atoms with van der Waals surface area (Å²) < 4.78 is 5.49. The number of hydrogen-bond acceptors (Lipinski definition) is 5. The second kappa shape index (κ2) is 4.24. The molecular formula is C12H11N3O4. The Kier molecular flexibility index (Phi) is 2.86. The van der Waals surface area contributed by atoms with E-state index >= 15 is 0 Å². The Morgan fingerprint density at radius 2 is 2.21 bits per heavy atom. The lowest BCUT2D eigenvalue weighted by Crippen LogP contribution is -2.52. The lowest BCUT2D eigenvalue weighted by molar-refractivity contribution is -0.385. The number of nitrogens with zero attached hydrogens (tertiary/aromatic N) is 3. The van der Waals surface area contributed by atoms with Crippen LogP contribution >= 0.6 is 0 Å². The Bertz CT molecular complexity index is 603. The van der Waals surface area contributed by atoms with Crippen LogP contribution in [-0.2, 0) is 4.79 Å². The third kappa shape index (κ3) is 2.08. The molecule has 0 saturated heterocycles. The number of hydrogen-bond donors (Lipinski definition) is 0. The summed E-state index contributed by atoms with van der Waals surface area (Å²) in [6, 6.07) is 5.85. The van der Waals surface area contributed by atoms with Crippen LogP contribution in [0.5, 0.6) is 5.75 Å². The summed E-state index contributed by atoms with van der Waals surface area (Å²) in [6.45, 7) is 2.99. The molecule has 0 spiro atoms. The highest BCUT2D eigenvalue weighted by Crippen LogP contribution is 2.39. The molecule has 0 N–H and O–H groups in total. The molecule has 7 heteroatoms. The number of nitro benzene ring substituents is 1. The summed E-state index contributed by atoms with van der Waals surface area (Å²) >= 11 is 0. The third-order valence-corrected chi connectivity index (χ3v) is 2.80. The Labute approximate surface area is 109 Å². The van der Waals surface area contributed by atoms with Gasteiger partial charge in [0.15, 0.2) is 11.4 Å². The zero-order chi connectivity index (χ0) is 14.2. The number of anilines is 1. The van der Waals surface area contributed by atoms with Gasteiger partial charge in [-0.2, -0.15) is 5.26 Å². The van der Waals surface area contributed by atoms with Gasteiger partial charge in [0.05, 0.1) is 22.7 Å². The molecule has 1 aliphatic rings. The quantitative estimate of drug-likeness (QED) is 0.458. The SMILES string of the molecule is CC1(C)Oc2cc([N+](=O)[O-])ccc2N(CC#N)C1=O. The number of nitro groups is 1. The second-order valence-electron chi connectivity index (χ2n) is 4.57. The molecule has 7 nitrogen and oxygen atoms in total. The normalized spacial score (nSPS) is 16.3. The predicted octanol–water partition coefficient (Wildman–Crippen LogP) is 1.62. The Morgan fingerprint density at radius 3 is 2.79 bits per heavy atom. The monoisotopic (exact) mass is 261 g/mol. The highest BCUT2D eigenvalue weighted by molar-refractivity contribution is 6.02. The van der Waals surface area contributed by atoms with Gasteiger partial charge < -0.3 is 4.74 Å². The van der Waals surface area contributed by atoms with Crippen molar-refractivity contribution in [3.63, 3.8) is 0 Å². The molecule has 2 rings (SSSR count). The predicted molar refractivity (Wildman–Crippen MR) is 65.8 cm³/mol. The second-order valence-corrected chi connectivity index (χ2v) is 4.57. The van der Waals surface area contributed by atoms with Gasteiger partial charge in [-0.25, -0.2) is 0 Å². The summed E-state index contributed by atoms with van der Waals surface area (Å²) in [5, 5.41) is 19.5. The summed E-state index contributed by atoms with van der Waals surface area (Å²) in [5.41, 5.74) is -0.906. The van der Waals surface area contributed by atoms with Gasteiger partial charge in [-0.3, -0.25) is 19.8 Å². The Balaban J connectivity index is 2.56. The maximum absolute atomic E-state index is 12.1. The minimum absolute atomic E-state index is 0.124. The van der Waals surface area contributed by atoms with Crippen molar-refractivity contribution < 1.29 is 14.5 Å². The van der Waals surface area contributed by atoms with Crippen molar-refractivity contribution in [2.75, 3.05) is 11.4 Å². The van der Waals surface area contributed by atoms with Crippen molar-refractivity contribution in [3.8, 4) is 11.8 Å². The molecule has 0 aliphatic carbocycles. The molecule has 98 valence electrons. The highest BCUT2D eigenvalue weighted by atomic mass is 16.6. The first-order valence-corrected chi connectivity index (χ1v) is 5.53. The van der Waals surface area contributed by atoms with Crippen LogP contribution in [0.15, 0.2) is 18.2 Å². The fourth-order valence-corrected chi connectivity index (χ4v) is 1.90. The maximum atomic E-state index is 12.1. The number of rotatable bonds is 2. The van der Waals surface area contributed by atoms with Crippen molar-refractivity contribution >= 4 is 17.3 Å². The molecule has 0 bridgehead atoms. The number of ether oxygens (including phenoxy) is 1. The van der Waals surface area contributed by atoms with Gasteiger partial charge in [-0.15, -0.1) is 0 Å². The Hall–Kier alpha value is -2.62. The van der Waals surface area contributed by atoms with Gasteiger partial charge in [0, 0.05) is 6.07 Å². The number of carbonyl (C=O) groups excluding carboxylic acids is 1. The van der Waals surface area contributed by atoms with Gasteiger partial charge in [0.1, 0.15) is 6.54 Å². The molecule has 1 heterocycles. The number of nitriles is 1. The molecular weight excluding hydrogens is 250 g/mol. The van der Waals surface area contributed by atoms with Gasteiger partial charge in [-0.1, -0.05) is 0 Å². The molecule has 1 aromatic rings. The zero-order valence-corrected chi connectivity index (χ0v) is 10.4. The van der Waals surface area contributed by atoms with E-state index in [-0.39, 0.29) is 23.9 Å². The van der Waals surface area contributed by atoms with Crippen LogP contribution in [0.1, 0.15) is 13.8 Å². The van der Waals surface area contributed by atoms with E-state index in [1.54, 1.807) is 13.8 Å². The smallest absolute Gasteiger partial charge is 0.273 e. The van der Waals surface area contributed by atoms with E-state index in [0.29, 0.717) is 5.69 Å². The van der Waals surface area contributed by atoms with Crippen LogP contribution in [0.4, 0.5) is 11.4 Å². The first-order valence-electron chi connectivity index (χ1n) is 5.53. The average Bonchev–Trinajstić information content (AvgIpc) is 2.33. The van der Waals surface area contributed by atoms with Crippen molar-refractivity contribution in [3.05, 3.63) is 28.3 Å². The van der Waals surface area contributed by atoms with E-state index in [1.165, 1.54) is 23.1 Å². The summed E-state index contributed by atoms with van der Waals surface area (Å²) in [7, 11) is 0. The minimum atomic E-state index is -1.15. The maximum Gasteiger partial charge on any atom is 0.273 e. The van der Waals surface area contributed by atoms with E-state index in [9.17, 15) is 14.9 Å². The highest BCUT2D eigenvalue weighted by Gasteiger charge is 2.41. The number of non-ortho nitro benzene ring substituents is 1. The van der Waals surface area contributed by atoms with E-state index < -0.39 is 10.5 Å².